The smallest absolute Gasteiger partial charge is 0.335 e. The molecule has 5 fully saturated rings. The van der Waals surface area contributed by atoms with Crippen LogP contribution in [-0.2, 0) is 19.1 Å². The highest BCUT2D eigenvalue weighted by Gasteiger charge is 2.61. The maximum atomic E-state index is 12.4. The molecular formula is C27H42O8. The quantitative estimate of drug-likeness (QED) is 0.438. The molecule has 8 nitrogen and oxygen atoms in total. The van der Waals surface area contributed by atoms with Crippen LogP contribution in [0.1, 0.15) is 78.6 Å². The SMILES string of the molecule is CC(=O)[C@H]1CC[C@H]2[C@@H]3CC[C@@H]4C[C@H](O[C@@H]5O[C@H](C(=O)O)[C@@H](O)[C@H](O)[C@H]5O)CC[C@]4(C)[C@H]3CC[C@]12C. The fourth-order valence-electron chi connectivity index (χ4n) is 9.36. The summed E-state index contributed by atoms with van der Waals surface area (Å²) in [6, 6.07) is 0. The first-order valence-electron chi connectivity index (χ1n) is 13.6. The number of Topliss-reactive ketones (excluding diaryl/α,β-unsaturated/α-hetero) is 1. The summed E-state index contributed by atoms with van der Waals surface area (Å²) in [5.41, 5.74) is 0.362. The summed E-state index contributed by atoms with van der Waals surface area (Å²) in [5, 5.41) is 39.7. The van der Waals surface area contributed by atoms with Gasteiger partial charge in [-0.1, -0.05) is 13.8 Å². The monoisotopic (exact) mass is 494 g/mol. The lowest BCUT2D eigenvalue weighted by Gasteiger charge is -2.61. The molecule has 4 N–H and O–H groups in total. The summed E-state index contributed by atoms with van der Waals surface area (Å²) in [6.07, 6.45) is 1.46. The third-order valence-corrected chi connectivity index (χ3v) is 11.2. The van der Waals surface area contributed by atoms with E-state index in [9.17, 15) is 30.0 Å². The van der Waals surface area contributed by atoms with E-state index in [1.807, 2.05) is 0 Å². The van der Waals surface area contributed by atoms with E-state index in [-0.39, 0.29) is 22.9 Å². The largest absolute Gasteiger partial charge is 0.479 e. The number of hydrogen-bond donors (Lipinski definition) is 4. The van der Waals surface area contributed by atoms with Crippen molar-refractivity contribution in [3.05, 3.63) is 0 Å². The minimum Gasteiger partial charge on any atom is -0.479 e. The van der Waals surface area contributed by atoms with Crippen molar-refractivity contribution in [2.45, 2.75) is 115 Å². The van der Waals surface area contributed by atoms with Crippen molar-refractivity contribution in [1.82, 2.24) is 0 Å². The summed E-state index contributed by atoms with van der Waals surface area (Å²) in [7, 11) is 0. The summed E-state index contributed by atoms with van der Waals surface area (Å²) >= 11 is 0. The molecule has 13 atom stereocenters. The van der Waals surface area contributed by atoms with Crippen LogP contribution >= 0.6 is 0 Å². The Labute approximate surface area is 207 Å². The van der Waals surface area contributed by atoms with Crippen LogP contribution in [0.25, 0.3) is 0 Å². The van der Waals surface area contributed by atoms with Gasteiger partial charge in [-0.25, -0.2) is 4.79 Å². The first kappa shape index (κ1) is 25.6. The third-order valence-electron chi connectivity index (χ3n) is 11.2. The van der Waals surface area contributed by atoms with E-state index in [2.05, 4.69) is 13.8 Å². The van der Waals surface area contributed by atoms with Gasteiger partial charge in [0.1, 0.15) is 24.1 Å². The van der Waals surface area contributed by atoms with Crippen LogP contribution in [0.3, 0.4) is 0 Å². The topological polar surface area (TPSA) is 134 Å². The molecule has 5 aliphatic rings. The van der Waals surface area contributed by atoms with Crippen LogP contribution in [0, 0.1) is 40.4 Å². The first-order valence-corrected chi connectivity index (χ1v) is 13.6. The van der Waals surface area contributed by atoms with Crippen molar-refractivity contribution >= 4 is 11.8 Å². The number of carbonyl (C=O) groups is 2. The predicted molar refractivity (Wildman–Crippen MR) is 125 cm³/mol. The number of hydrogen-bond acceptors (Lipinski definition) is 7. The number of rotatable bonds is 4. The molecule has 1 saturated heterocycles. The average molecular weight is 495 g/mol. The highest BCUT2D eigenvalue weighted by Crippen LogP contribution is 2.67. The molecule has 4 aliphatic carbocycles. The van der Waals surface area contributed by atoms with Gasteiger partial charge in [-0.15, -0.1) is 0 Å². The number of carbonyl (C=O) groups excluding carboxylic acids is 1. The van der Waals surface area contributed by atoms with Crippen LogP contribution < -0.4 is 0 Å². The van der Waals surface area contributed by atoms with Gasteiger partial charge in [0.2, 0.25) is 0 Å². The second kappa shape index (κ2) is 9.05. The van der Waals surface area contributed by atoms with E-state index in [4.69, 9.17) is 9.47 Å². The molecule has 5 rings (SSSR count). The van der Waals surface area contributed by atoms with Crippen molar-refractivity contribution in [2.75, 3.05) is 0 Å². The molecule has 0 bridgehead atoms. The van der Waals surface area contributed by atoms with Gasteiger partial charge in [0.25, 0.3) is 0 Å². The first-order chi connectivity index (χ1) is 16.5. The zero-order chi connectivity index (χ0) is 25.3. The zero-order valence-electron chi connectivity index (χ0n) is 21.1. The van der Waals surface area contributed by atoms with Crippen molar-refractivity contribution < 1.29 is 39.5 Å². The number of ketones is 1. The molecule has 198 valence electrons. The van der Waals surface area contributed by atoms with E-state index in [1.165, 1.54) is 19.3 Å². The second-order valence-electron chi connectivity index (χ2n) is 12.7. The molecule has 0 amide bonds. The van der Waals surface area contributed by atoms with Gasteiger partial charge in [0, 0.05) is 5.92 Å². The Morgan fingerprint density at radius 1 is 0.857 bits per heavy atom. The lowest BCUT2D eigenvalue weighted by molar-refractivity contribution is -0.309. The van der Waals surface area contributed by atoms with Crippen LogP contribution in [0.2, 0.25) is 0 Å². The summed E-state index contributed by atoms with van der Waals surface area (Å²) in [5.74, 6) is 1.62. The molecule has 0 aromatic rings. The molecule has 0 spiro atoms. The van der Waals surface area contributed by atoms with Crippen molar-refractivity contribution in [3.63, 3.8) is 0 Å². The Kier molecular flexibility index (Phi) is 6.61. The van der Waals surface area contributed by atoms with Gasteiger partial charge in [-0.05, 0) is 99.2 Å². The Morgan fingerprint density at radius 2 is 1.54 bits per heavy atom. The van der Waals surface area contributed by atoms with Crippen molar-refractivity contribution in [1.29, 1.82) is 0 Å². The maximum Gasteiger partial charge on any atom is 0.335 e. The van der Waals surface area contributed by atoms with E-state index in [0.717, 1.165) is 38.5 Å². The number of aliphatic hydroxyl groups is 3. The summed E-state index contributed by atoms with van der Waals surface area (Å²) < 4.78 is 11.4. The molecule has 0 radical (unpaired) electrons. The molecule has 8 heteroatoms. The van der Waals surface area contributed by atoms with Gasteiger partial charge in [0.05, 0.1) is 6.10 Å². The molecule has 0 aromatic carbocycles. The van der Waals surface area contributed by atoms with E-state index < -0.39 is 36.7 Å². The fraction of sp³-hybridized carbons (Fsp3) is 0.926. The summed E-state index contributed by atoms with van der Waals surface area (Å²) in [6.45, 7) is 6.59. The van der Waals surface area contributed by atoms with Crippen LogP contribution in [0.4, 0.5) is 0 Å². The van der Waals surface area contributed by atoms with E-state index in [0.29, 0.717) is 29.5 Å². The highest BCUT2D eigenvalue weighted by atomic mass is 16.7. The number of carboxylic acid groups (broad SMARTS) is 1. The van der Waals surface area contributed by atoms with Gasteiger partial charge in [0.15, 0.2) is 12.4 Å². The van der Waals surface area contributed by atoms with Gasteiger partial charge in [-0.3, -0.25) is 4.79 Å². The lowest BCUT2D eigenvalue weighted by atomic mass is 9.44. The van der Waals surface area contributed by atoms with Crippen LogP contribution in [0.5, 0.6) is 0 Å². The molecule has 0 aromatic heterocycles. The predicted octanol–water partition coefficient (Wildman–Crippen LogP) is 2.51. The second-order valence-corrected chi connectivity index (χ2v) is 12.7. The Morgan fingerprint density at radius 3 is 2.23 bits per heavy atom. The van der Waals surface area contributed by atoms with Crippen LogP contribution in [-0.4, -0.2) is 69.0 Å². The lowest BCUT2D eigenvalue weighted by Crippen LogP contribution is -2.61. The van der Waals surface area contributed by atoms with Crippen molar-refractivity contribution in [2.24, 2.45) is 40.4 Å². The molecular weight excluding hydrogens is 452 g/mol. The molecule has 4 saturated carbocycles. The number of carboxylic acids is 1. The fourth-order valence-corrected chi connectivity index (χ4v) is 9.36. The van der Waals surface area contributed by atoms with E-state index in [1.54, 1.807) is 6.92 Å². The number of aliphatic carboxylic acids is 1. The third kappa shape index (κ3) is 3.99. The normalized spacial score (nSPS) is 53.8. The highest BCUT2D eigenvalue weighted by molar-refractivity contribution is 5.79. The molecule has 1 aliphatic heterocycles. The van der Waals surface area contributed by atoms with Crippen molar-refractivity contribution in [3.8, 4) is 0 Å². The Hall–Kier alpha value is -1.06. The number of aliphatic hydroxyl groups excluding tert-OH is 3. The zero-order valence-corrected chi connectivity index (χ0v) is 21.1. The number of fused-ring (bicyclic) bond motifs is 5. The van der Waals surface area contributed by atoms with Gasteiger partial charge >= 0.3 is 5.97 Å². The molecule has 1 heterocycles. The number of ether oxygens (including phenoxy) is 2. The van der Waals surface area contributed by atoms with Gasteiger partial charge in [-0.2, -0.15) is 0 Å². The molecule has 35 heavy (non-hydrogen) atoms. The maximum absolute atomic E-state index is 12.4. The average Bonchev–Trinajstić information content (AvgIpc) is 3.17. The summed E-state index contributed by atoms with van der Waals surface area (Å²) in [4.78, 5) is 23.8. The minimum atomic E-state index is -1.71. The minimum absolute atomic E-state index is 0.150. The Bertz CT molecular complexity index is 847. The van der Waals surface area contributed by atoms with Gasteiger partial charge < -0.3 is 29.9 Å². The molecule has 0 unspecified atom stereocenters. The Balaban J connectivity index is 1.26. The standard InChI is InChI=1S/C27H42O8/c1-13(28)17-6-7-18-16-5-4-14-12-15(8-10-26(14,2)19(16)9-11-27(17,18)3)34-25-22(31)20(29)21(30)23(35-25)24(32)33/h14-23,25,29-31H,4-12H2,1-3H3,(H,32,33)/t14-,15-,16+,17-,18+,19+,20+,21+,22-,23+,25-,26+,27-/m1/s1. The van der Waals surface area contributed by atoms with Crippen LogP contribution in [0.15, 0.2) is 0 Å². The van der Waals surface area contributed by atoms with E-state index >= 15 is 0 Å².